The third kappa shape index (κ3) is 2.70. The molecule has 17 heavy (non-hydrogen) atoms. The van der Waals surface area contributed by atoms with E-state index in [-0.39, 0.29) is 0 Å². The first-order chi connectivity index (χ1) is 8.06. The average Bonchev–Trinajstić information content (AvgIpc) is 2.27. The lowest BCUT2D eigenvalue weighted by molar-refractivity contribution is 0.782. The summed E-state index contributed by atoms with van der Waals surface area (Å²) in [7, 11) is 0. The normalized spacial score (nSPS) is 11.4. The molecule has 0 aliphatic carbocycles. The lowest BCUT2D eigenvalue weighted by Crippen LogP contribution is -2.10. The van der Waals surface area contributed by atoms with Crippen molar-refractivity contribution in [2.45, 2.75) is 39.7 Å². The third-order valence-corrected chi connectivity index (χ3v) is 2.44. The van der Waals surface area contributed by atoms with Gasteiger partial charge in [-0.3, -0.25) is 0 Å². The number of nitrogens with zero attached hydrogens (tertiary/aromatic N) is 3. The van der Waals surface area contributed by atoms with Crippen molar-refractivity contribution in [2.75, 3.05) is 5.32 Å². The summed E-state index contributed by atoms with van der Waals surface area (Å²) in [6.45, 7) is 8.35. The molecule has 0 radical (unpaired) electrons. The monoisotopic (exact) mass is 230 g/mol. The number of hydrogen-bond donors (Lipinski definition) is 1. The van der Waals surface area contributed by atoms with Gasteiger partial charge in [-0.15, -0.1) is 0 Å². The first kappa shape index (κ1) is 11.8. The van der Waals surface area contributed by atoms with Crippen LogP contribution in [0, 0.1) is 0 Å². The topological polar surface area (TPSA) is 50.7 Å². The van der Waals surface area contributed by atoms with Crippen molar-refractivity contribution in [3.05, 3.63) is 24.3 Å². The minimum absolute atomic E-state index is 0.341. The smallest absolute Gasteiger partial charge is 0.131 e. The predicted molar refractivity (Wildman–Crippen MR) is 70.2 cm³/mol. The average molecular weight is 230 g/mol. The lowest BCUT2D eigenvalue weighted by Gasteiger charge is -2.10. The van der Waals surface area contributed by atoms with Crippen LogP contribution in [0.4, 0.5) is 5.82 Å². The largest absolute Gasteiger partial charge is 0.368 e. The Bertz CT molecular complexity index is 520. The number of pyridine rings is 1. The number of aromatic nitrogens is 3. The first-order valence-corrected chi connectivity index (χ1v) is 5.95. The maximum Gasteiger partial charge on any atom is 0.131 e. The Morgan fingerprint density at radius 3 is 2.47 bits per heavy atom. The second kappa shape index (κ2) is 4.65. The Labute approximate surface area is 102 Å². The molecule has 0 saturated carbocycles. The van der Waals surface area contributed by atoms with Crippen molar-refractivity contribution in [2.24, 2.45) is 0 Å². The molecule has 0 aliphatic rings. The van der Waals surface area contributed by atoms with E-state index in [1.807, 2.05) is 12.3 Å². The highest BCUT2D eigenvalue weighted by molar-refractivity contribution is 5.79. The summed E-state index contributed by atoms with van der Waals surface area (Å²) in [6, 6.07) is 2.36. The molecule has 2 heterocycles. The molecule has 0 spiro atoms. The molecule has 0 fully saturated rings. The van der Waals surface area contributed by atoms with E-state index in [1.165, 1.54) is 0 Å². The molecule has 4 heteroatoms. The number of rotatable bonds is 3. The highest BCUT2D eigenvalue weighted by Crippen LogP contribution is 2.17. The summed E-state index contributed by atoms with van der Waals surface area (Å²) >= 11 is 0. The van der Waals surface area contributed by atoms with Crippen molar-refractivity contribution in [3.8, 4) is 0 Å². The zero-order valence-electron chi connectivity index (χ0n) is 10.7. The van der Waals surface area contributed by atoms with Gasteiger partial charge in [0, 0.05) is 23.5 Å². The minimum Gasteiger partial charge on any atom is -0.368 e. The van der Waals surface area contributed by atoms with Gasteiger partial charge in [-0.1, -0.05) is 13.8 Å². The van der Waals surface area contributed by atoms with Crippen LogP contribution in [0.25, 0.3) is 10.9 Å². The standard InChI is InChI=1S/C13H18N4/c1-8(2)13-15-6-10-5-12(16-9(3)4)14-7-11(10)17-13/h5-9H,1-4H3,(H,14,16). The number of fused-ring (bicyclic) bond motifs is 1. The molecular weight excluding hydrogens is 212 g/mol. The van der Waals surface area contributed by atoms with Crippen LogP contribution >= 0.6 is 0 Å². The maximum atomic E-state index is 4.49. The van der Waals surface area contributed by atoms with Crippen molar-refractivity contribution < 1.29 is 0 Å². The molecule has 90 valence electrons. The lowest BCUT2D eigenvalue weighted by atomic mass is 10.2. The van der Waals surface area contributed by atoms with Crippen LogP contribution in [-0.4, -0.2) is 21.0 Å². The van der Waals surface area contributed by atoms with E-state index in [4.69, 9.17) is 0 Å². The van der Waals surface area contributed by atoms with Crippen LogP contribution in [0.3, 0.4) is 0 Å². The van der Waals surface area contributed by atoms with Crippen molar-refractivity contribution in [1.29, 1.82) is 0 Å². The summed E-state index contributed by atoms with van der Waals surface area (Å²) in [5.41, 5.74) is 0.901. The van der Waals surface area contributed by atoms with E-state index in [0.29, 0.717) is 12.0 Å². The molecule has 0 bridgehead atoms. The molecule has 2 aromatic rings. The van der Waals surface area contributed by atoms with Crippen LogP contribution in [0.5, 0.6) is 0 Å². The minimum atomic E-state index is 0.341. The second-order valence-electron chi connectivity index (χ2n) is 4.81. The van der Waals surface area contributed by atoms with Gasteiger partial charge >= 0.3 is 0 Å². The quantitative estimate of drug-likeness (QED) is 0.880. The molecule has 0 aromatic carbocycles. The molecule has 0 atom stereocenters. The SMILES string of the molecule is CC(C)Nc1cc2cnc(C(C)C)nc2cn1. The van der Waals surface area contributed by atoms with E-state index in [9.17, 15) is 0 Å². The van der Waals surface area contributed by atoms with Crippen LogP contribution in [-0.2, 0) is 0 Å². The fraction of sp³-hybridized carbons (Fsp3) is 0.462. The summed E-state index contributed by atoms with van der Waals surface area (Å²) in [6.07, 6.45) is 3.67. The van der Waals surface area contributed by atoms with Crippen molar-refractivity contribution in [1.82, 2.24) is 15.0 Å². The molecule has 0 amide bonds. The van der Waals surface area contributed by atoms with Gasteiger partial charge in [0.25, 0.3) is 0 Å². The summed E-state index contributed by atoms with van der Waals surface area (Å²) < 4.78 is 0. The first-order valence-electron chi connectivity index (χ1n) is 5.95. The van der Waals surface area contributed by atoms with Gasteiger partial charge in [0.1, 0.15) is 11.6 Å². The van der Waals surface area contributed by atoms with E-state index < -0.39 is 0 Å². The highest BCUT2D eigenvalue weighted by Gasteiger charge is 2.05. The van der Waals surface area contributed by atoms with Gasteiger partial charge in [0.15, 0.2) is 0 Å². The van der Waals surface area contributed by atoms with Crippen LogP contribution in [0.2, 0.25) is 0 Å². The van der Waals surface area contributed by atoms with Crippen LogP contribution in [0.1, 0.15) is 39.4 Å². The molecule has 2 rings (SSSR count). The van der Waals surface area contributed by atoms with Crippen LogP contribution in [0.15, 0.2) is 18.5 Å². The van der Waals surface area contributed by atoms with Gasteiger partial charge in [-0.05, 0) is 19.9 Å². The molecule has 2 aromatic heterocycles. The summed E-state index contributed by atoms with van der Waals surface area (Å²) in [5.74, 6) is 2.07. The Kier molecular flexibility index (Phi) is 3.22. The fourth-order valence-corrected chi connectivity index (χ4v) is 1.60. The van der Waals surface area contributed by atoms with Gasteiger partial charge in [0.2, 0.25) is 0 Å². The predicted octanol–water partition coefficient (Wildman–Crippen LogP) is 2.97. The molecule has 0 aliphatic heterocycles. The zero-order valence-corrected chi connectivity index (χ0v) is 10.7. The van der Waals surface area contributed by atoms with Gasteiger partial charge in [0.05, 0.1) is 11.7 Å². The zero-order chi connectivity index (χ0) is 12.4. The Morgan fingerprint density at radius 2 is 1.82 bits per heavy atom. The van der Waals surface area contributed by atoms with E-state index in [2.05, 4.69) is 48.0 Å². The molecule has 0 saturated heterocycles. The van der Waals surface area contributed by atoms with E-state index in [0.717, 1.165) is 22.5 Å². The van der Waals surface area contributed by atoms with Gasteiger partial charge < -0.3 is 5.32 Å². The van der Waals surface area contributed by atoms with Crippen molar-refractivity contribution >= 4 is 16.7 Å². The Hall–Kier alpha value is -1.71. The van der Waals surface area contributed by atoms with E-state index >= 15 is 0 Å². The van der Waals surface area contributed by atoms with Gasteiger partial charge in [-0.25, -0.2) is 15.0 Å². The fourth-order valence-electron chi connectivity index (χ4n) is 1.60. The molecular formula is C13H18N4. The summed E-state index contributed by atoms with van der Waals surface area (Å²) in [4.78, 5) is 13.2. The molecule has 4 nitrogen and oxygen atoms in total. The number of nitrogens with one attached hydrogen (secondary N) is 1. The third-order valence-electron chi connectivity index (χ3n) is 2.44. The van der Waals surface area contributed by atoms with E-state index in [1.54, 1.807) is 6.20 Å². The highest BCUT2D eigenvalue weighted by atomic mass is 15.0. The maximum absolute atomic E-state index is 4.49. The molecule has 1 N–H and O–H groups in total. The Morgan fingerprint density at radius 1 is 1.06 bits per heavy atom. The Balaban J connectivity index is 2.39. The van der Waals surface area contributed by atoms with Crippen LogP contribution < -0.4 is 5.32 Å². The summed E-state index contributed by atoms with van der Waals surface area (Å²) in [5, 5.41) is 4.29. The van der Waals surface area contributed by atoms with Crippen molar-refractivity contribution in [3.63, 3.8) is 0 Å². The molecule has 0 unspecified atom stereocenters. The number of anilines is 1. The van der Waals surface area contributed by atoms with Gasteiger partial charge in [-0.2, -0.15) is 0 Å². The number of hydrogen-bond acceptors (Lipinski definition) is 4. The second-order valence-corrected chi connectivity index (χ2v) is 4.81.